The van der Waals surface area contributed by atoms with E-state index in [1.165, 1.54) is 0 Å². The first-order valence-electron chi connectivity index (χ1n) is 5.71. The van der Waals surface area contributed by atoms with Crippen molar-refractivity contribution >= 4 is 17.3 Å². The second-order valence-electron chi connectivity index (χ2n) is 4.30. The van der Waals surface area contributed by atoms with Gasteiger partial charge in [0.1, 0.15) is 5.82 Å². The Bertz CT molecular complexity index is 467. The van der Waals surface area contributed by atoms with E-state index in [9.17, 15) is 19.4 Å². The van der Waals surface area contributed by atoms with Crippen LogP contribution in [0.3, 0.4) is 0 Å². The number of benzene rings is 1. The number of nitrogen functional groups attached to an aromatic ring is 1. The van der Waals surface area contributed by atoms with Crippen molar-refractivity contribution in [3.8, 4) is 0 Å². The van der Waals surface area contributed by atoms with Gasteiger partial charge in [-0.05, 0) is 18.6 Å². The predicted octanol–water partition coefficient (Wildman–Crippen LogP) is 0.651. The first-order valence-corrected chi connectivity index (χ1v) is 5.71. The van der Waals surface area contributed by atoms with Crippen LogP contribution in [0.1, 0.15) is 23.7 Å². The van der Waals surface area contributed by atoms with Crippen LogP contribution in [0, 0.1) is 5.82 Å². The van der Waals surface area contributed by atoms with Crippen LogP contribution in [0.4, 0.5) is 15.8 Å². The molecule has 1 aromatic carbocycles. The van der Waals surface area contributed by atoms with Crippen LogP contribution in [0.15, 0.2) is 12.1 Å². The third-order valence-electron chi connectivity index (χ3n) is 3.05. The van der Waals surface area contributed by atoms with Crippen LogP contribution >= 0.6 is 0 Å². The highest BCUT2D eigenvalue weighted by atomic mass is 19.1. The van der Waals surface area contributed by atoms with Gasteiger partial charge in [0.2, 0.25) is 0 Å². The Kier molecular flexibility index (Phi) is 4.68. The molecule has 1 aromatic rings. The standard InChI is InChI=1S/C12H17FN2O4/c1-2-12(5-16,6-17)15-10-4-8(13)7(11(18)19)3-9(10)14/h3-4,15-17H,2,5-6,14H2,1H3,(H,18,19). The number of anilines is 2. The van der Waals surface area contributed by atoms with Crippen molar-refractivity contribution in [1.82, 2.24) is 0 Å². The molecule has 0 fully saturated rings. The zero-order chi connectivity index (χ0) is 14.6. The lowest BCUT2D eigenvalue weighted by atomic mass is 9.97. The molecule has 0 unspecified atom stereocenters. The summed E-state index contributed by atoms with van der Waals surface area (Å²) in [6, 6.07) is 1.93. The summed E-state index contributed by atoms with van der Waals surface area (Å²) in [7, 11) is 0. The summed E-state index contributed by atoms with van der Waals surface area (Å²) in [6.07, 6.45) is 0.377. The molecule has 19 heavy (non-hydrogen) atoms. The second-order valence-corrected chi connectivity index (χ2v) is 4.30. The lowest BCUT2D eigenvalue weighted by Crippen LogP contribution is -2.45. The average Bonchev–Trinajstić information content (AvgIpc) is 2.39. The van der Waals surface area contributed by atoms with E-state index in [1.807, 2.05) is 0 Å². The van der Waals surface area contributed by atoms with Gasteiger partial charge < -0.3 is 26.4 Å². The van der Waals surface area contributed by atoms with Crippen LogP contribution in [0.2, 0.25) is 0 Å². The molecule has 0 saturated heterocycles. The number of aromatic carboxylic acids is 1. The van der Waals surface area contributed by atoms with Crippen LogP contribution in [0.5, 0.6) is 0 Å². The lowest BCUT2D eigenvalue weighted by Gasteiger charge is -2.31. The molecule has 7 heteroatoms. The van der Waals surface area contributed by atoms with Crippen molar-refractivity contribution in [1.29, 1.82) is 0 Å². The molecule has 1 rings (SSSR count). The molecule has 0 amide bonds. The quantitative estimate of drug-likeness (QED) is 0.486. The topological polar surface area (TPSA) is 116 Å². The zero-order valence-corrected chi connectivity index (χ0v) is 10.5. The SMILES string of the molecule is CCC(CO)(CO)Nc1cc(F)c(C(=O)O)cc1N. The average molecular weight is 272 g/mol. The summed E-state index contributed by atoms with van der Waals surface area (Å²) in [5.41, 5.74) is 4.24. The highest BCUT2D eigenvalue weighted by molar-refractivity contribution is 5.90. The number of carboxylic acids is 1. The van der Waals surface area contributed by atoms with Gasteiger partial charge in [0.05, 0.1) is 35.7 Å². The molecule has 106 valence electrons. The first kappa shape index (κ1) is 15.2. The highest BCUT2D eigenvalue weighted by Gasteiger charge is 2.27. The predicted molar refractivity (Wildman–Crippen MR) is 68.6 cm³/mol. The van der Waals surface area contributed by atoms with Gasteiger partial charge in [0.15, 0.2) is 0 Å². The van der Waals surface area contributed by atoms with E-state index in [4.69, 9.17) is 10.8 Å². The Labute approximate surface area is 109 Å². The Morgan fingerprint density at radius 1 is 1.42 bits per heavy atom. The number of nitrogens with one attached hydrogen (secondary N) is 1. The Balaban J connectivity index is 3.16. The maximum Gasteiger partial charge on any atom is 0.338 e. The van der Waals surface area contributed by atoms with Gasteiger partial charge in [-0.25, -0.2) is 9.18 Å². The number of carboxylic acid groups (broad SMARTS) is 1. The van der Waals surface area contributed by atoms with E-state index in [2.05, 4.69) is 5.32 Å². The molecule has 0 spiro atoms. The maximum atomic E-state index is 13.6. The third-order valence-corrected chi connectivity index (χ3v) is 3.05. The van der Waals surface area contributed by atoms with Crippen molar-refractivity contribution in [2.75, 3.05) is 24.3 Å². The number of nitrogens with two attached hydrogens (primary N) is 1. The monoisotopic (exact) mass is 272 g/mol. The molecule has 6 N–H and O–H groups in total. The fourth-order valence-corrected chi connectivity index (χ4v) is 1.59. The van der Waals surface area contributed by atoms with Crippen LogP contribution < -0.4 is 11.1 Å². The van der Waals surface area contributed by atoms with Gasteiger partial charge >= 0.3 is 5.97 Å². The van der Waals surface area contributed by atoms with E-state index in [1.54, 1.807) is 6.92 Å². The molecule has 0 radical (unpaired) electrons. The summed E-state index contributed by atoms with van der Waals surface area (Å²) in [4.78, 5) is 10.7. The number of aliphatic hydroxyl groups excluding tert-OH is 2. The second kappa shape index (κ2) is 5.85. The molecule has 6 nitrogen and oxygen atoms in total. The number of carbonyl (C=O) groups is 1. The van der Waals surface area contributed by atoms with Gasteiger partial charge in [0.25, 0.3) is 0 Å². The largest absolute Gasteiger partial charge is 0.478 e. The number of halogens is 1. The highest BCUT2D eigenvalue weighted by Crippen LogP contribution is 2.27. The molecule has 0 aliphatic heterocycles. The third kappa shape index (κ3) is 3.12. The summed E-state index contributed by atoms with van der Waals surface area (Å²) in [5.74, 6) is -2.35. The van der Waals surface area contributed by atoms with Crippen LogP contribution in [-0.4, -0.2) is 40.0 Å². The molecule has 0 aromatic heterocycles. The maximum absolute atomic E-state index is 13.6. The molecular weight excluding hydrogens is 255 g/mol. The minimum absolute atomic E-state index is 0.0264. The molecule has 0 saturated carbocycles. The Morgan fingerprint density at radius 2 is 2.00 bits per heavy atom. The molecule has 0 bridgehead atoms. The minimum atomic E-state index is -1.41. The minimum Gasteiger partial charge on any atom is -0.478 e. The number of hydrogen-bond acceptors (Lipinski definition) is 5. The van der Waals surface area contributed by atoms with Gasteiger partial charge in [-0.1, -0.05) is 6.92 Å². The van der Waals surface area contributed by atoms with Crippen molar-refractivity contribution in [2.45, 2.75) is 18.9 Å². The summed E-state index contributed by atoms with van der Waals surface area (Å²) in [5, 5.41) is 30.1. The van der Waals surface area contributed by atoms with Crippen LogP contribution in [0.25, 0.3) is 0 Å². The Morgan fingerprint density at radius 3 is 2.42 bits per heavy atom. The van der Waals surface area contributed by atoms with Crippen molar-refractivity contribution in [3.63, 3.8) is 0 Å². The molecule has 0 atom stereocenters. The van der Waals surface area contributed by atoms with Crippen molar-refractivity contribution < 1.29 is 24.5 Å². The Hall–Kier alpha value is -1.86. The first-order chi connectivity index (χ1) is 8.89. The van der Waals surface area contributed by atoms with Crippen molar-refractivity contribution in [2.24, 2.45) is 0 Å². The number of rotatable bonds is 6. The van der Waals surface area contributed by atoms with E-state index >= 15 is 0 Å². The fourth-order valence-electron chi connectivity index (χ4n) is 1.59. The van der Waals surface area contributed by atoms with Crippen LogP contribution in [-0.2, 0) is 0 Å². The molecule has 0 aliphatic carbocycles. The molecule has 0 heterocycles. The summed E-state index contributed by atoms with van der Waals surface area (Å²) >= 11 is 0. The lowest BCUT2D eigenvalue weighted by molar-refractivity contribution is 0.0692. The van der Waals surface area contributed by atoms with Gasteiger partial charge in [-0.2, -0.15) is 0 Å². The molecule has 0 aliphatic rings. The summed E-state index contributed by atoms with van der Waals surface area (Å²) in [6.45, 7) is 0.987. The van der Waals surface area contributed by atoms with Gasteiger partial charge in [0, 0.05) is 0 Å². The fraction of sp³-hybridized carbons (Fsp3) is 0.417. The zero-order valence-electron chi connectivity index (χ0n) is 10.5. The normalized spacial score (nSPS) is 11.4. The number of hydrogen-bond donors (Lipinski definition) is 5. The van der Waals surface area contributed by atoms with Gasteiger partial charge in [-0.15, -0.1) is 0 Å². The number of aliphatic hydroxyl groups is 2. The van der Waals surface area contributed by atoms with E-state index in [0.717, 1.165) is 12.1 Å². The van der Waals surface area contributed by atoms with E-state index in [-0.39, 0.29) is 24.6 Å². The smallest absolute Gasteiger partial charge is 0.338 e. The summed E-state index contributed by atoms with van der Waals surface area (Å²) < 4.78 is 13.6. The van der Waals surface area contributed by atoms with E-state index in [0.29, 0.717) is 6.42 Å². The van der Waals surface area contributed by atoms with E-state index < -0.39 is 22.9 Å². The van der Waals surface area contributed by atoms with Gasteiger partial charge in [-0.3, -0.25) is 0 Å². The van der Waals surface area contributed by atoms with Crippen molar-refractivity contribution in [3.05, 3.63) is 23.5 Å². The molecular formula is C12H17FN2O4.